The van der Waals surface area contributed by atoms with Gasteiger partial charge in [0, 0.05) is 25.7 Å². The predicted octanol–water partition coefficient (Wildman–Crippen LogP) is 2.94. The van der Waals surface area contributed by atoms with Crippen molar-refractivity contribution in [3.8, 4) is 0 Å². The number of hydrogen-bond donors (Lipinski definition) is 0. The molecule has 1 aromatic rings. The number of aryl methyl sites for hydroxylation is 1. The largest absolute Gasteiger partial charge is 0.346 e. The second kappa shape index (κ2) is 6.39. The molecule has 0 unspecified atom stereocenters. The van der Waals surface area contributed by atoms with Gasteiger partial charge in [0.25, 0.3) is 0 Å². The molecule has 0 radical (unpaired) electrons. The van der Waals surface area contributed by atoms with Crippen molar-refractivity contribution in [1.82, 2.24) is 15.1 Å². The lowest BCUT2D eigenvalue weighted by Gasteiger charge is -2.39. The van der Waals surface area contributed by atoms with Gasteiger partial charge >= 0.3 is 0 Å². The highest BCUT2D eigenvalue weighted by atomic mass is 32.1. The van der Waals surface area contributed by atoms with E-state index >= 15 is 0 Å². The van der Waals surface area contributed by atoms with Crippen molar-refractivity contribution in [2.24, 2.45) is 5.92 Å². The van der Waals surface area contributed by atoms with Crippen molar-refractivity contribution in [2.75, 3.05) is 31.1 Å². The van der Waals surface area contributed by atoms with E-state index in [2.05, 4.69) is 26.9 Å². The number of nitrogens with zero attached hydrogens (tertiary/aromatic N) is 4. The minimum absolute atomic E-state index is 0.780. The van der Waals surface area contributed by atoms with Gasteiger partial charge in [0.2, 0.25) is 5.13 Å². The van der Waals surface area contributed by atoms with Gasteiger partial charge in [-0.2, -0.15) is 0 Å². The molecular weight excluding hydrogens is 268 g/mol. The molecule has 0 N–H and O–H groups in total. The fourth-order valence-corrected chi connectivity index (χ4v) is 4.28. The van der Waals surface area contributed by atoms with Gasteiger partial charge in [-0.25, -0.2) is 0 Å². The molecule has 0 amide bonds. The third-order valence-electron chi connectivity index (χ3n) is 4.74. The Hall–Kier alpha value is -0.680. The van der Waals surface area contributed by atoms with Crippen LogP contribution < -0.4 is 4.90 Å². The molecule has 2 atom stereocenters. The molecule has 0 spiro atoms. The zero-order valence-electron chi connectivity index (χ0n) is 12.7. The van der Waals surface area contributed by atoms with Crippen molar-refractivity contribution in [3.05, 3.63) is 5.01 Å². The highest BCUT2D eigenvalue weighted by molar-refractivity contribution is 7.15. The summed E-state index contributed by atoms with van der Waals surface area (Å²) in [6.45, 7) is 9.33. The fraction of sp³-hybridized carbons (Fsp3) is 0.867. The van der Waals surface area contributed by atoms with Crippen LogP contribution in [-0.2, 0) is 0 Å². The highest BCUT2D eigenvalue weighted by Crippen LogP contribution is 2.27. The molecule has 2 aliphatic heterocycles. The van der Waals surface area contributed by atoms with Crippen molar-refractivity contribution < 1.29 is 0 Å². The zero-order valence-corrected chi connectivity index (χ0v) is 13.5. The first-order valence-corrected chi connectivity index (χ1v) is 8.83. The Morgan fingerprint density at radius 3 is 2.80 bits per heavy atom. The second-order valence-electron chi connectivity index (χ2n) is 6.40. The lowest BCUT2D eigenvalue weighted by atomic mass is 9.95. The molecule has 0 aromatic carbocycles. The summed E-state index contributed by atoms with van der Waals surface area (Å²) < 4.78 is 0. The van der Waals surface area contributed by atoms with Crippen LogP contribution in [0.3, 0.4) is 0 Å². The molecule has 2 aliphatic rings. The monoisotopic (exact) mass is 294 g/mol. The molecule has 3 heterocycles. The van der Waals surface area contributed by atoms with Gasteiger partial charge in [0.05, 0.1) is 0 Å². The van der Waals surface area contributed by atoms with E-state index in [1.54, 1.807) is 11.3 Å². The predicted molar refractivity (Wildman–Crippen MR) is 84.5 cm³/mol. The van der Waals surface area contributed by atoms with Gasteiger partial charge in [0.1, 0.15) is 5.01 Å². The maximum Gasteiger partial charge on any atom is 0.208 e. The summed E-state index contributed by atoms with van der Waals surface area (Å²) in [5.41, 5.74) is 0. The molecule has 20 heavy (non-hydrogen) atoms. The van der Waals surface area contributed by atoms with Gasteiger partial charge in [-0.3, -0.25) is 0 Å². The summed E-state index contributed by atoms with van der Waals surface area (Å²) in [4.78, 5) is 5.16. The Balaban J connectivity index is 1.57. The van der Waals surface area contributed by atoms with Crippen LogP contribution in [0, 0.1) is 12.8 Å². The number of rotatable bonds is 3. The summed E-state index contributed by atoms with van der Waals surface area (Å²) in [6, 6.07) is 0.780. The molecule has 5 heteroatoms. The number of likely N-dealkylation sites (tertiary alicyclic amines) is 1. The summed E-state index contributed by atoms with van der Waals surface area (Å²) in [6.07, 6.45) is 6.85. The smallest absolute Gasteiger partial charge is 0.208 e. The van der Waals surface area contributed by atoms with Crippen LogP contribution >= 0.6 is 11.3 Å². The van der Waals surface area contributed by atoms with Crippen LogP contribution in [0.2, 0.25) is 0 Å². The van der Waals surface area contributed by atoms with Crippen molar-refractivity contribution >= 4 is 16.5 Å². The second-order valence-corrected chi connectivity index (χ2v) is 7.56. The average Bonchev–Trinajstić information content (AvgIpc) is 2.89. The maximum absolute atomic E-state index is 4.32. The molecule has 1 aromatic heterocycles. The highest BCUT2D eigenvalue weighted by Gasteiger charge is 2.26. The first-order chi connectivity index (χ1) is 9.72. The molecule has 4 nitrogen and oxygen atoms in total. The normalized spacial score (nSPS) is 28.8. The van der Waals surface area contributed by atoms with Crippen LogP contribution in [-0.4, -0.2) is 47.3 Å². The molecule has 0 bridgehead atoms. The topological polar surface area (TPSA) is 32.3 Å². The van der Waals surface area contributed by atoms with Crippen molar-refractivity contribution in [3.63, 3.8) is 0 Å². The quantitative estimate of drug-likeness (QED) is 0.858. The Labute approximate surface area is 126 Å². The van der Waals surface area contributed by atoms with Crippen molar-refractivity contribution in [2.45, 2.75) is 52.0 Å². The Morgan fingerprint density at radius 2 is 2.05 bits per heavy atom. The number of anilines is 1. The summed E-state index contributed by atoms with van der Waals surface area (Å²) >= 11 is 1.73. The minimum atomic E-state index is 0.780. The lowest BCUT2D eigenvalue weighted by molar-refractivity contribution is 0.130. The number of aromatic nitrogens is 2. The molecule has 112 valence electrons. The maximum atomic E-state index is 4.32. The van der Waals surface area contributed by atoms with Crippen molar-refractivity contribution in [1.29, 1.82) is 0 Å². The zero-order chi connectivity index (χ0) is 13.9. The minimum Gasteiger partial charge on any atom is -0.346 e. The standard InChI is InChI=1S/C15H26N4S/c1-12-6-3-4-8-18(12)10-14-7-5-9-19(11-14)15-17-16-13(2)20-15/h12,14H,3-11H2,1-2H3/t12-,14-/m1/s1. The van der Waals surface area contributed by atoms with E-state index in [0.29, 0.717) is 0 Å². The van der Waals surface area contributed by atoms with Crippen LogP contribution in [0.1, 0.15) is 44.0 Å². The number of hydrogen-bond acceptors (Lipinski definition) is 5. The van der Waals surface area contributed by atoms with E-state index in [0.717, 1.165) is 35.2 Å². The molecule has 2 saturated heterocycles. The Morgan fingerprint density at radius 1 is 1.15 bits per heavy atom. The van der Waals surface area contributed by atoms with Crippen LogP contribution in [0.25, 0.3) is 0 Å². The SMILES string of the molecule is Cc1nnc(N2CCC[C@H](CN3CCCC[C@H]3C)C2)s1. The van der Waals surface area contributed by atoms with Gasteiger partial charge in [-0.1, -0.05) is 17.8 Å². The van der Waals surface area contributed by atoms with E-state index < -0.39 is 0 Å². The van der Waals surface area contributed by atoms with E-state index in [4.69, 9.17) is 0 Å². The van der Waals surface area contributed by atoms with E-state index in [1.165, 1.54) is 45.2 Å². The number of piperidine rings is 2. The van der Waals surface area contributed by atoms with Gasteiger partial charge in [0.15, 0.2) is 0 Å². The summed E-state index contributed by atoms with van der Waals surface area (Å²) in [5, 5.41) is 10.7. The van der Waals surface area contributed by atoms with Crippen LogP contribution in [0.4, 0.5) is 5.13 Å². The van der Waals surface area contributed by atoms with E-state index in [1.807, 2.05) is 6.92 Å². The third kappa shape index (κ3) is 3.31. The Bertz CT molecular complexity index is 433. The van der Waals surface area contributed by atoms with Crippen LogP contribution in [0.15, 0.2) is 0 Å². The lowest BCUT2D eigenvalue weighted by Crippen LogP contribution is -2.45. The first-order valence-electron chi connectivity index (χ1n) is 8.01. The van der Waals surface area contributed by atoms with Gasteiger partial charge < -0.3 is 9.80 Å². The fourth-order valence-electron chi connectivity index (χ4n) is 3.56. The van der Waals surface area contributed by atoms with E-state index in [9.17, 15) is 0 Å². The first kappa shape index (κ1) is 14.3. The molecule has 0 aliphatic carbocycles. The molecule has 2 fully saturated rings. The molecule has 0 saturated carbocycles. The molecule has 3 rings (SSSR count). The van der Waals surface area contributed by atoms with Gasteiger partial charge in [-0.15, -0.1) is 10.2 Å². The third-order valence-corrected chi connectivity index (χ3v) is 5.64. The molecular formula is C15H26N4S. The Kier molecular flexibility index (Phi) is 4.56. The summed E-state index contributed by atoms with van der Waals surface area (Å²) in [5.74, 6) is 0.800. The van der Waals surface area contributed by atoms with Gasteiger partial charge in [-0.05, 0) is 52.0 Å². The van der Waals surface area contributed by atoms with E-state index in [-0.39, 0.29) is 0 Å². The summed E-state index contributed by atoms with van der Waals surface area (Å²) in [7, 11) is 0. The van der Waals surface area contributed by atoms with Crippen LogP contribution in [0.5, 0.6) is 0 Å². The average molecular weight is 294 g/mol.